The molecule has 1 aliphatic heterocycles. The highest BCUT2D eigenvalue weighted by molar-refractivity contribution is 6.04. The SMILES string of the molecule is Nc1ccccc1NC(=O)c1ccc(CN(CCC(=O)O)C(=O)N=C2COC(Cc3ccccc3)O2)cn1. The summed E-state index contributed by atoms with van der Waals surface area (Å²) in [5.74, 6) is -1.37. The van der Waals surface area contributed by atoms with Crippen LogP contribution < -0.4 is 11.1 Å². The lowest BCUT2D eigenvalue weighted by atomic mass is 10.1. The van der Waals surface area contributed by atoms with Crippen LogP contribution in [-0.4, -0.2) is 58.2 Å². The quantitative estimate of drug-likeness (QED) is 0.365. The molecule has 1 unspecified atom stereocenters. The molecule has 3 amide bonds. The van der Waals surface area contributed by atoms with Crippen molar-refractivity contribution in [2.45, 2.75) is 25.7 Å². The Morgan fingerprint density at radius 3 is 2.53 bits per heavy atom. The maximum atomic E-state index is 12.9. The fourth-order valence-corrected chi connectivity index (χ4v) is 3.67. The van der Waals surface area contributed by atoms with Crippen molar-refractivity contribution in [1.82, 2.24) is 9.88 Å². The number of hydrogen-bond donors (Lipinski definition) is 3. The first-order valence-electron chi connectivity index (χ1n) is 11.9. The second-order valence-corrected chi connectivity index (χ2v) is 8.49. The first-order chi connectivity index (χ1) is 18.4. The van der Waals surface area contributed by atoms with Gasteiger partial charge >= 0.3 is 12.0 Å². The molecule has 3 aromatic rings. The summed E-state index contributed by atoms with van der Waals surface area (Å²) in [6, 6.07) is 19.0. The Morgan fingerprint density at radius 2 is 1.82 bits per heavy atom. The number of pyridine rings is 1. The number of carbonyl (C=O) groups excluding carboxylic acids is 2. The third-order valence-electron chi connectivity index (χ3n) is 5.63. The predicted molar refractivity (Wildman–Crippen MR) is 140 cm³/mol. The number of carbonyl (C=O) groups is 3. The zero-order chi connectivity index (χ0) is 26.9. The molecule has 1 fully saturated rings. The van der Waals surface area contributed by atoms with E-state index >= 15 is 0 Å². The summed E-state index contributed by atoms with van der Waals surface area (Å²) in [7, 11) is 0. The van der Waals surface area contributed by atoms with E-state index in [-0.39, 0.29) is 37.7 Å². The normalized spacial score (nSPS) is 15.6. The lowest BCUT2D eigenvalue weighted by molar-refractivity contribution is -0.137. The number of nitrogen functional groups attached to an aromatic ring is 1. The minimum atomic E-state index is -1.05. The number of para-hydroxylation sites is 2. The van der Waals surface area contributed by atoms with E-state index in [4.69, 9.17) is 20.3 Å². The van der Waals surface area contributed by atoms with E-state index in [9.17, 15) is 14.4 Å². The van der Waals surface area contributed by atoms with Crippen molar-refractivity contribution in [2.75, 3.05) is 24.2 Å². The molecular weight excluding hydrogens is 490 g/mol. The summed E-state index contributed by atoms with van der Waals surface area (Å²) in [6.45, 7) is -0.000199. The monoisotopic (exact) mass is 517 g/mol. The van der Waals surface area contributed by atoms with Gasteiger partial charge in [0.05, 0.1) is 17.8 Å². The first-order valence-corrected chi connectivity index (χ1v) is 11.9. The molecule has 4 N–H and O–H groups in total. The number of aliphatic imine (C=N–C) groups is 1. The van der Waals surface area contributed by atoms with Crippen molar-refractivity contribution in [3.8, 4) is 0 Å². The van der Waals surface area contributed by atoms with Gasteiger partial charge in [-0.1, -0.05) is 48.5 Å². The third kappa shape index (κ3) is 7.37. The topological polar surface area (TPSA) is 156 Å². The summed E-state index contributed by atoms with van der Waals surface area (Å²) in [5.41, 5.74) is 8.52. The number of carboxylic acids is 1. The fourth-order valence-electron chi connectivity index (χ4n) is 3.67. The maximum Gasteiger partial charge on any atom is 0.346 e. The number of carboxylic acid groups (broad SMARTS) is 1. The van der Waals surface area contributed by atoms with E-state index < -0.39 is 24.2 Å². The smallest absolute Gasteiger partial charge is 0.346 e. The molecule has 1 saturated heterocycles. The van der Waals surface area contributed by atoms with Gasteiger partial charge in [-0.15, -0.1) is 0 Å². The Bertz CT molecular complexity index is 1310. The third-order valence-corrected chi connectivity index (χ3v) is 5.63. The predicted octanol–water partition coefficient (Wildman–Crippen LogP) is 3.33. The van der Waals surface area contributed by atoms with E-state index in [0.29, 0.717) is 23.4 Å². The Morgan fingerprint density at radius 1 is 1.05 bits per heavy atom. The molecule has 11 nitrogen and oxygen atoms in total. The number of amides is 3. The van der Waals surface area contributed by atoms with Crippen LogP contribution in [0.1, 0.15) is 28.0 Å². The molecule has 0 aliphatic carbocycles. The second-order valence-electron chi connectivity index (χ2n) is 8.49. The van der Waals surface area contributed by atoms with Gasteiger partial charge in [-0.2, -0.15) is 4.99 Å². The van der Waals surface area contributed by atoms with Gasteiger partial charge in [0.1, 0.15) is 12.3 Å². The average Bonchev–Trinajstić information content (AvgIpc) is 3.35. The molecule has 4 rings (SSSR count). The number of hydrogen-bond acceptors (Lipinski definition) is 7. The Labute approximate surface area is 218 Å². The molecule has 38 heavy (non-hydrogen) atoms. The van der Waals surface area contributed by atoms with E-state index in [1.807, 2.05) is 30.3 Å². The summed E-state index contributed by atoms with van der Waals surface area (Å²) in [4.78, 5) is 46.0. The number of aromatic nitrogens is 1. The van der Waals surface area contributed by atoms with E-state index in [2.05, 4.69) is 15.3 Å². The number of ether oxygens (including phenoxy) is 2. The second kappa shape index (κ2) is 12.5. The first kappa shape index (κ1) is 26.3. The zero-order valence-electron chi connectivity index (χ0n) is 20.4. The van der Waals surface area contributed by atoms with Crippen LogP contribution in [0.5, 0.6) is 0 Å². The molecule has 2 heterocycles. The van der Waals surface area contributed by atoms with E-state index in [1.165, 1.54) is 17.2 Å². The number of anilines is 2. The Kier molecular flexibility index (Phi) is 8.62. The van der Waals surface area contributed by atoms with Gasteiger partial charge in [0.2, 0.25) is 12.2 Å². The Hall–Kier alpha value is -4.77. The maximum absolute atomic E-state index is 12.9. The van der Waals surface area contributed by atoms with Crippen LogP contribution in [0.4, 0.5) is 16.2 Å². The highest BCUT2D eigenvalue weighted by Crippen LogP contribution is 2.18. The molecule has 1 aliphatic rings. The van der Waals surface area contributed by atoms with E-state index in [1.54, 1.807) is 30.3 Å². The van der Waals surface area contributed by atoms with Gasteiger partial charge in [0.15, 0.2) is 0 Å². The number of benzene rings is 2. The van der Waals surface area contributed by atoms with Crippen LogP contribution in [0.3, 0.4) is 0 Å². The molecule has 196 valence electrons. The van der Waals surface area contributed by atoms with Crippen LogP contribution in [0, 0.1) is 0 Å². The van der Waals surface area contributed by atoms with Crippen LogP contribution in [0.2, 0.25) is 0 Å². The number of nitrogens with one attached hydrogen (secondary N) is 1. The summed E-state index contributed by atoms with van der Waals surface area (Å²) in [5, 5.41) is 11.8. The van der Waals surface area contributed by atoms with E-state index in [0.717, 1.165) is 5.56 Å². The molecule has 2 aromatic carbocycles. The van der Waals surface area contributed by atoms with Crippen LogP contribution in [0.15, 0.2) is 77.9 Å². The van der Waals surface area contributed by atoms with Crippen LogP contribution in [-0.2, 0) is 27.2 Å². The average molecular weight is 518 g/mol. The highest BCUT2D eigenvalue weighted by atomic mass is 16.7. The Balaban J connectivity index is 1.39. The number of aliphatic carboxylic acids is 1. The molecule has 11 heteroatoms. The summed E-state index contributed by atoms with van der Waals surface area (Å²) in [6.07, 6.45) is 1.12. The highest BCUT2D eigenvalue weighted by Gasteiger charge is 2.25. The van der Waals surface area contributed by atoms with Gasteiger partial charge in [0, 0.05) is 25.7 Å². The van der Waals surface area contributed by atoms with Gasteiger partial charge < -0.3 is 30.5 Å². The van der Waals surface area contributed by atoms with Crippen molar-refractivity contribution in [3.63, 3.8) is 0 Å². The standard InChI is InChI=1S/C27H27N5O6/c28-20-8-4-5-9-21(20)30-26(35)22-11-10-19(15-29-22)16-32(13-12-24(33)34)27(36)31-23-17-37-25(38-23)14-18-6-2-1-3-7-18/h1-11,15,25H,12-14,16-17,28H2,(H,30,35)(H,33,34). The number of nitrogens with zero attached hydrogens (tertiary/aromatic N) is 3. The van der Waals surface area contributed by atoms with Gasteiger partial charge in [0.25, 0.3) is 5.91 Å². The number of urea groups is 1. The fraction of sp³-hybridized carbons (Fsp3) is 0.222. The number of nitrogens with two attached hydrogens (primary N) is 1. The lowest BCUT2D eigenvalue weighted by Gasteiger charge is -2.19. The van der Waals surface area contributed by atoms with Crippen molar-refractivity contribution >= 4 is 35.2 Å². The molecule has 0 saturated carbocycles. The van der Waals surface area contributed by atoms with Crippen LogP contribution in [0.25, 0.3) is 0 Å². The molecule has 1 atom stereocenters. The molecule has 0 radical (unpaired) electrons. The summed E-state index contributed by atoms with van der Waals surface area (Å²) < 4.78 is 11.2. The van der Waals surface area contributed by atoms with Crippen molar-refractivity contribution in [3.05, 3.63) is 89.7 Å². The van der Waals surface area contributed by atoms with Gasteiger partial charge in [-0.3, -0.25) is 14.6 Å². The summed E-state index contributed by atoms with van der Waals surface area (Å²) >= 11 is 0. The molecule has 0 bridgehead atoms. The molecular formula is C27H27N5O6. The largest absolute Gasteiger partial charge is 0.481 e. The number of rotatable bonds is 9. The lowest BCUT2D eigenvalue weighted by Crippen LogP contribution is -2.31. The van der Waals surface area contributed by atoms with Crippen LogP contribution >= 0.6 is 0 Å². The minimum Gasteiger partial charge on any atom is -0.481 e. The zero-order valence-corrected chi connectivity index (χ0v) is 20.4. The van der Waals surface area contributed by atoms with Gasteiger partial charge in [-0.05, 0) is 29.3 Å². The molecule has 1 aromatic heterocycles. The van der Waals surface area contributed by atoms with Gasteiger partial charge in [-0.25, -0.2) is 4.79 Å². The minimum absolute atomic E-state index is 0.0350. The van der Waals surface area contributed by atoms with Crippen molar-refractivity contribution in [2.24, 2.45) is 4.99 Å². The molecule has 0 spiro atoms. The van der Waals surface area contributed by atoms with Crippen molar-refractivity contribution in [1.29, 1.82) is 0 Å². The van der Waals surface area contributed by atoms with Crippen molar-refractivity contribution < 1.29 is 29.0 Å².